The number of fused-ring (bicyclic) bond motifs is 1. The molecule has 25 heavy (non-hydrogen) atoms. The van der Waals surface area contributed by atoms with E-state index in [9.17, 15) is 0 Å². The highest BCUT2D eigenvalue weighted by atomic mass is 33.1. The van der Waals surface area contributed by atoms with Crippen molar-refractivity contribution in [2.75, 3.05) is 0 Å². The maximum atomic E-state index is 4.77. The van der Waals surface area contributed by atoms with E-state index in [1.54, 1.807) is 11.3 Å². The summed E-state index contributed by atoms with van der Waals surface area (Å²) in [6.45, 7) is 1.01. The van der Waals surface area contributed by atoms with Gasteiger partial charge >= 0.3 is 0 Å². The van der Waals surface area contributed by atoms with Gasteiger partial charge in [-0.2, -0.15) is 0 Å². The number of nitrogens with zero attached hydrogens (tertiary/aromatic N) is 2. The summed E-state index contributed by atoms with van der Waals surface area (Å²) in [6.07, 6.45) is 6.76. The molecule has 1 fully saturated rings. The van der Waals surface area contributed by atoms with Crippen LogP contribution in [0.25, 0.3) is 10.2 Å². The highest BCUT2D eigenvalue weighted by molar-refractivity contribution is 8.76. The van der Waals surface area contributed by atoms with Gasteiger partial charge in [-0.05, 0) is 52.3 Å². The maximum Gasteiger partial charge on any atom is 0.162 e. The Morgan fingerprint density at radius 1 is 0.960 bits per heavy atom. The van der Waals surface area contributed by atoms with Crippen LogP contribution < -0.4 is 0 Å². The molecule has 2 nitrogen and oxygen atoms in total. The number of hydrogen-bond acceptors (Lipinski definition) is 5. The van der Waals surface area contributed by atoms with Crippen molar-refractivity contribution < 1.29 is 0 Å². The van der Waals surface area contributed by atoms with Gasteiger partial charge in [0.15, 0.2) is 4.34 Å². The van der Waals surface area contributed by atoms with Gasteiger partial charge in [0.1, 0.15) is 0 Å². The van der Waals surface area contributed by atoms with Gasteiger partial charge in [-0.3, -0.25) is 0 Å². The molecule has 1 aliphatic carbocycles. The second-order valence-corrected chi connectivity index (χ2v) is 9.87. The van der Waals surface area contributed by atoms with Crippen LogP contribution in [0.4, 0.5) is 0 Å². The van der Waals surface area contributed by atoms with Gasteiger partial charge in [-0.25, -0.2) is 9.29 Å². The number of rotatable bonds is 6. The first-order valence-electron chi connectivity index (χ1n) is 8.89. The summed E-state index contributed by atoms with van der Waals surface area (Å²) in [5.41, 5.74) is 2.51. The molecule has 2 aromatic carbocycles. The Hall–Kier alpha value is -1.01. The summed E-state index contributed by atoms with van der Waals surface area (Å²) < 4.78 is 5.02. The second-order valence-electron chi connectivity index (χ2n) is 6.46. The van der Waals surface area contributed by atoms with Crippen molar-refractivity contribution in [3.8, 4) is 0 Å². The Balaban J connectivity index is 1.46. The molecule has 1 aromatic heterocycles. The van der Waals surface area contributed by atoms with Crippen LogP contribution in [0.15, 0.2) is 58.9 Å². The highest BCUT2D eigenvalue weighted by Gasteiger charge is 2.23. The molecule has 0 atom stereocenters. The predicted octanol–water partition coefficient (Wildman–Crippen LogP) is 6.79. The van der Waals surface area contributed by atoms with E-state index in [0.717, 1.165) is 16.4 Å². The minimum absolute atomic E-state index is 0.681. The van der Waals surface area contributed by atoms with E-state index >= 15 is 0 Å². The Kier molecular flexibility index (Phi) is 5.98. The quantitative estimate of drug-likeness (QED) is 0.342. The zero-order valence-electron chi connectivity index (χ0n) is 14.1. The largest absolute Gasteiger partial charge is 0.233 e. The van der Waals surface area contributed by atoms with Gasteiger partial charge < -0.3 is 0 Å². The predicted molar refractivity (Wildman–Crippen MR) is 112 cm³/mol. The molecule has 0 radical (unpaired) electrons. The SMILES string of the molecule is c1ccc(CN(SSc2nc3ccccc3s2)C2CCCCC2)cc1. The molecule has 0 spiro atoms. The van der Waals surface area contributed by atoms with Crippen molar-refractivity contribution in [1.82, 2.24) is 9.29 Å². The van der Waals surface area contributed by atoms with Crippen LogP contribution in [-0.4, -0.2) is 15.3 Å². The van der Waals surface area contributed by atoms with E-state index in [2.05, 4.69) is 58.9 Å². The first-order valence-corrected chi connectivity index (χ1v) is 11.8. The molecule has 3 aromatic rings. The molecule has 0 N–H and O–H groups in total. The Labute approximate surface area is 161 Å². The lowest BCUT2D eigenvalue weighted by Gasteiger charge is -2.32. The van der Waals surface area contributed by atoms with Gasteiger partial charge in [-0.15, -0.1) is 11.3 Å². The molecule has 0 aliphatic heterocycles. The average molecular weight is 387 g/mol. The van der Waals surface area contributed by atoms with Gasteiger partial charge in [-0.1, -0.05) is 61.7 Å². The molecule has 1 saturated carbocycles. The number of benzene rings is 2. The molecule has 0 unspecified atom stereocenters. The summed E-state index contributed by atoms with van der Waals surface area (Å²) in [5, 5.41) is 0. The molecule has 5 heteroatoms. The number of aromatic nitrogens is 1. The third kappa shape index (κ3) is 4.59. The Morgan fingerprint density at radius 3 is 2.52 bits per heavy atom. The highest BCUT2D eigenvalue weighted by Crippen LogP contribution is 2.41. The van der Waals surface area contributed by atoms with E-state index in [4.69, 9.17) is 4.98 Å². The van der Waals surface area contributed by atoms with Gasteiger partial charge in [0.25, 0.3) is 0 Å². The fourth-order valence-electron chi connectivity index (χ4n) is 3.32. The van der Waals surface area contributed by atoms with Crippen molar-refractivity contribution in [1.29, 1.82) is 0 Å². The van der Waals surface area contributed by atoms with Crippen LogP contribution in [-0.2, 0) is 6.54 Å². The van der Waals surface area contributed by atoms with Gasteiger partial charge in [0.05, 0.1) is 10.2 Å². The molecule has 4 rings (SSSR count). The van der Waals surface area contributed by atoms with Crippen LogP contribution >= 0.6 is 33.1 Å². The van der Waals surface area contributed by atoms with Crippen molar-refractivity contribution in [2.24, 2.45) is 0 Å². The summed E-state index contributed by atoms with van der Waals surface area (Å²) in [5.74, 6) is 0. The molecule has 0 saturated heterocycles. The van der Waals surface area contributed by atoms with Crippen molar-refractivity contribution in [2.45, 2.75) is 49.0 Å². The third-order valence-electron chi connectivity index (χ3n) is 4.64. The van der Waals surface area contributed by atoms with E-state index in [1.165, 1.54) is 42.4 Å². The van der Waals surface area contributed by atoms with Gasteiger partial charge in [0.2, 0.25) is 0 Å². The fraction of sp³-hybridized carbons (Fsp3) is 0.350. The zero-order chi connectivity index (χ0) is 16.9. The lowest BCUT2D eigenvalue weighted by molar-refractivity contribution is 0.269. The van der Waals surface area contributed by atoms with Crippen LogP contribution in [0.5, 0.6) is 0 Å². The molecular weight excluding hydrogens is 364 g/mol. The number of hydrogen-bond donors (Lipinski definition) is 0. The fourth-order valence-corrected chi connectivity index (χ4v) is 6.94. The average Bonchev–Trinajstić information content (AvgIpc) is 3.09. The first-order chi connectivity index (χ1) is 12.4. The van der Waals surface area contributed by atoms with E-state index < -0.39 is 0 Å². The summed E-state index contributed by atoms with van der Waals surface area (Å²) in [4.78, 5) is 4.77. The van der Waals surface area contributed by atoms with Crippen molar-refractivity contribution in [3.05, 3.63) is 60.2 Å². The number of para-hydroxylation sites is 1. The lowest BCUT2D eigenvalue weighted by Crippen LogP contribution is -2.30. The first kappa shape index (κ1) is 17.4. The summed E-state index contributed by atoms with van der Waals surface area (Å²) in [6, 6.07) is 19.9. The Bertz CT molecular complexity index is 764. The minimum atomic E-state index is 0.681. The molecule has 1 aliphatic rings. The molecule has 130 valence electrons. The smallest absolute Gasteiger partial charge is 0.162 e. The van der Waals surface area contributed by atoms with Crippen molar-refractivity contribution in [3.63, 3.8) is 0 Å². The molecular formula is C20H22N2S3. The van der Waals surface area contributed by atoms with Crippen LogP contribution in [0.1, 0.15) is 37.7 Å². The van der Waals surface area contributed by atoms with E-state index in [-0.39, 0.29) is 0 Å². The molecule has 0 bridgehead atoms. The van der Waals surface area contributed by atoms with E-state index in [1.807, 2.05) is 21.8 Å². The topological polar surface area (TPSA) is 16.1 Å². The van der Waals surface area contributed by atoms with Crippen LogP contribution in [0.2, 0.25) is 0 Å². The van der Waals surface area contributed by atoms with Crippen LogP contribution in [0.3, 0.4) is 0 Å². The molecule has 0 amide bonds. The second kappa shape index (κ2) is 8.58. The zero-order valence-corrected chi connectivity index (χ0v) is 16.6. The Morgan fingerprint density at radius 2 is 1.72 bits per heavy atom. The lowest BCUT2D eigenvalue weighted by atomic mass is 9.95. The third-order valence-corrected chi connectivity index (χ3v) is 8.49. The normalized spacial score (nSPS) is 15.9. The summed E-state index contributed by atoms with van der Waals surface area (Å²) in [7, 11) is 3.71. The maximum absolute atomic E-state index is 4.77. The number of thiazole rings is 1. The van der Waals surface area contributed by atoms with E-state index in [0.29, 0.717) is 6.04 Å². The van der Waals surface area contributed by atoms with Crippen molar-refractivity contribution >= 4 is 43.3 Å². The molecule has 1 heterocycles. The minimum Gasteiger partial charge on any atom is -0.233 e. The van der Waals surface area contributed by atoms with Gasteiger partial charge in [0, 0.05) is 12.6 Å². The summed E-state index contributed by atoms with van der Waals surface area (Å²) >= 11 is 1.80. The van der Waals surface area contributed by atoms with Crippen LogP contribution in [0, 0.1) is 0 Å². The standard InChI is InChI=1S/C20H22N2S3/c1-3-9-16(10-4-1)15-22(17-11-5-2-6-12-17)25-24-20-21-18-13-7-8-14-19(18)23-20/h1,3-4,7-10,13-14,17H,2,5-6,11-12,15H2. The monoisotopic (exact) mass is 386 g/mol.